The molecule has 0 unspecified atom stereocenters. The summed E-state index contributed by atoms with van der Waals surface area (Å²) in [5.74, 6) is -1.67. The van der Waals surface area contributed by atoms with Crippen LogP contribution in [0.2, 0.25) is 5.02 Å². The molecule has 0 aromatic heterocycles. The molecular weight excluding hydrogens is 325 g/mol. The Morgan fingerprint density at radius 3 is 2.67 bits per heavy atom. The van der Waals surface area contributed by atoms with E-state index in [2.05, 4.69) is 21.2 Å². The molecule has 0 bridgehead atoms. The highest BCUT2D eigenvalue weighted by molar-refractivity contribution is 9.10. The van der Waals surface area contributed by atoms with E-state index in [1.165, 1.54) is 0 Å². The maximum Gasteiger partial charge on any atom is 0.332 e. The van der Waals surface area contributed by atoms with Gasteiger partial charge in [-0.2, -0.15) is 0 Å². The highest BCUT2D eigenvalue weighted by atomic mass is 79.9. The summed E-state index contributed by atoms with van der Waals surface area (Å²) in [6.07, 6.45) is -1.52. The Hall–Kier alpha value is -1.11. The number of carboxylic acid groups (broad SMARTS) is 1. The number of hydrogen-bond acceptors (Lipinski definition) is 3. The number of aliphatic carboxylic acids is 1. The average molecular weight is 337 g/mol. The molecule has 1 atom stereocenters. The van der Waals surface area contributed by atoms with Gasteiger partial charge in [-0.15, -0.1) is 0 Å². The van der Waals surface area contributed by atoms with Gasteiger partial charge in [0.05, 0.1) is 5.56 Å². The van der Waals surface area contributed by atoms with E-state index in [1.807, 2.05) is 0 Å². The van der Waals surface area contributed by atoms with Crippen molar-refractivity contribution in [3.8, 4) is 0 Å². The van der Waals surface area contributed by atoms with Gasteiger partial charge in [-0.1, -0.05) is 11.6 Å². The van der Waals surface area contributed by atoms with Crippen LogP contribution in [0.5, 0.6) is 0 Å². The SMILES string of the molecule is O=C(NCC[C@H](O)C(=O)O)c1ccc(Cl)cc1Br. The summed E-state index contributed by atoms with van der Waals surface area (Å²) in [5, 5.41) is 20.5. The van der Waals surface area contributed by atoms with E-state index in [4.69, 9.17) is 21.8 Å². The number of rotatable bonds is 5. The first-order valence-corrected chi connectivity index (χ1v) is 6.23. The third kappa shape index (κ3) is 4.29. The van der Waals surface area contributed by atoms with Crippen molar-refractivity contribution >= 4 is 39.4 Å². The molecule has 7 heteroatoms. The monoisotopic (exact) mass is 335 g/mol. The molecule has 0 heterocycles. The van der Waals surface area contributed by atoms with Gasteiger partial charge in [0.15, 0.2) is 6.10 Å². The highest BCUT2D eigenvalue weighted by Crippen LogP contribution is 2.21. The Labute approximate surface area is 117 Å². The molecule has 0 spiro atoms. The average Bonchev–Trinajstić information content (AvgIpc) is 2.28. The van der Waals surface area contributed by atoms with Crippen molar-refractivity contribution in [2.24, 2.45) is 0 Å². The van der Waals surface area contributed by atoms with Crippen LogP contribution in [0.1, 0.15) is 16.8 Å². The van der Waals surface area contributed by atoms with Crippen molar-refractivity contribution in [1.29, 1.82) is 0 Å². The van der Waals surface area contributed by atoms with Crippen LogP contribution in [0.3, 0.4) is 0 Å². The lowest BCUT2D eigenvalue weighted by atomic mass is 10.2. The van der Waals surface area contributed by atoms with E-state index in [0.29, 0.717) is 15.1 Å². The van der Waals surface area contributed by atoms with Crippen molar-refractivity contribution in [2.45, 2.75) is 12.5 Å². The molecule has 5 nitrogen and oxygen atoms in total. The molecule has 0 radical (unpaired) electrons. The fourth-order valence-corrected chi connectivity index (χ4v) is 2.08. The number of halogens is 2. The Balaban J connectivity index is 2.53. The van der Waals surface area contributed by atoms with E-state index in [1.54, 1.807) is 18.2 Å². The second-order valence-electron chi connectivity index (χ2n) is 3.52. The Bertz CT molecular complexity index is 466. The summed E-state index contributed by atoms with van der Waals surface area (Å²) in [6, 6.07) is 4.71. The zero-order chi connectivity index (χ0) is 13.7. The summed E-state index contributed by atoms with van der Waals surface area (Å²) in [7, 11) is 0. The number of benzene rings is 1. The molecule has 1 aromatic carbocycles. The maximum absolute atomic E-state index is 11.7. The number of aliphatic hydroxyl groups is 1. The van der Waals surface area contributed by atoms with Crippen LogP contribution in [0.4, 0.5) is 0 Å². The van der Waals surface area contributed by atoms with E-state index in [-0.39, 0.29) is 18.9 Å². The Morgan fingerprint density at radius 1 is 1.44 bits per heavy atom. The van der Waals surface area contributed by atoms with Gasteiger partial charge >= 0.3 is 5.97 Å². The standard InChI is InChI=1S/C11H11BrClNO4/c12-8-5-6(13)1-2-7(8)10(16)14-4-3-9(15)11(17)18/h1-2,5,9,15H,3-4H2,(H,14,16)(H,17,18)/t9-/m0/s1. The summed E-state index contributed by atoms with van der Waals surface area (Å²) < 4.78 is 0.547. The molecule has 98 valence electrons. The summed E-state index contributed by atoms with van der Waals surface area (Å²) >= 11 is 8.95. The first-order chi connectivity index (χ1) is 8.41. The Kier molecular flexibility index (Phi) is 5.58. The minimum absolute atomic E-state index is 0.0493. The van der Waals surface area contributed by atoms with Crippen LogP contribution in [0, 0.1) is 0 Å². The van der Waals surface area contributed by atoms with Gasteiger partial charge in [-0.25, -0.2) is 4.79 Å². The fraction of sp³-hybridized carbons (Fsp3) is 0.273. The van der Waals surface area contributed by atoms with Crippen LogP contribution < -0.4 is 5.32 Å². The Morgan fingerprint density at radius 2 is 2.11 bits per heavy atom. The molecule has 0 aliphatic heterocycles. The van der Waals surface area contributed by atoms with E-state index in [9.17, 15) is 9.59 Å². The summed E-state index contributed by atoms with van der Waals surface area (Å²) in [4.78, 5) is 22.1. The van der Waals surface area contributed by atoms with Gasteiger partial charge in [0.1, 0.15) is 0 Å². The lowest BCUT2D eigenvalue weighted by Gasteiger charge is -2.08. The minimum Gasteiger partial charge on any atom is -0.479 e. The van der Waals surface area contributed by atoms with Gasteiger partial charge in [0, 0.05) is 22.5 Å². The molecular formula is C11H11BrClNO4. The number of amides is 1. The zero-order valence-electron chi connectivity index (χ0n) is 9.19. The number of carboxylic acids is 1. The molecule has 0 saturated heterocycles. The molecule has 0 aliphatic carbocycles. The van der Waals surface area contributed by atoms with Crippen LogP contribution in [-0.2, 0) is 4.79 Å². The van der Waals surface area contributed by atoms with Crippen LogP contribution in [0.25, 0.3) is 0 Å². The van der Waals surface area contributed by atoms with Crippen molar-refractivity contribution in [3.63, 3.8) is 0 Å². The fourth-order valence-electron chi connectivity index (χ4n) is 1.21. The van der Waals surface area contributed by atoms with E-state index < -0.39 is 12.1 Å². The molecule has 1 aromatic rings. The second-order valence-corrected chi connectivity index (χ2v) is 4.81. The molecule has 1 rings (SSSR count). The van der Waals surface area contributed by atoms with Gasteiger partial charge in [-0.3, -0.25) is 4.79 Å². The predicted molar refractivity (Wildman–Crippen MR) is 69.7 cm³/mol. The third-order valence-electron chi connectivity index (χ3n) is 2.16. The van der Waals surface area contributed by atoms with E-state index in [0.717, 1.165) is 0 Å². The lowest BCUT2D eigenvalue weighted by Crippen LogP contribution is -2.30. The predicted octanol–water partition coefficient (Wildman–Crippen LogP) is 1.67. The first-order valence-electron chi connectivity index (χ1n) is 5.06. The highest BCUT2D eigenvalue weighted by Gasteiger charge is 2.14. The number of hydrogen-bond donors (Lipinski definition) is 3. The normalized spacial score (nSPS) is 11.9. The van der Waals surface area contributed by atoms with E-state index >= 15 is 0 Å². The molecule has 0 fully saturated rings. The first kappa shape index (κ1) is 14.9. The smallest absolute Gasteiger partial charge is 0.332 e. The van der Waals surface area contributed by atoms with Gasteiger partial charge < -0.3 is 15.5 Å². The van der Waals surface area contributed by atoms with Crippen LogP contribution in [-0.4, -0.2) is 34.7 Å². The van der Waals surface area contributed by atoms with Crippen molar-refractivity contribution in [1.82, 2.24) is 5.32 Å². The summed E-state index contributed by atoms with van der Waals surface area (Å²) in [5.41, 5.74) is 0.393. The van der Waals surface area contributed by atoms with Gasteiger partial charge in [-0.05, 0) is 34.1 Å². The van der Waals surface area contributed by atoms with Crippen LogP contribution in [0.15, 0.2) is 22.7 Å². The third-order valence-corrected chi connectivity index (χ3v) is 3.06. The lowest BCUT2D eigenvalue weighted by molar-refractivity contribution is -0.146. The molecule has 18 heavy (non-hydrogen) atoms. The minimum atomic E-state index is -1.47. The topological polar surface area (TPSA) is 86.6 Å². The number of carbonyl (C=O) groups excluding carboxylic acids is 1. The van der Waals surface area contributed by atoms with Crippen molar-refractivity contribution in [2.75, 3.05) is 6.54 Å². The number of aliphatic hydroxyl groups excluding tert-OH is 1. The number of carbonyl (C=O) groups is 2. The van der Waals surface area contributed by atoms with Crippen LogP contribution >= 0.6 is 27.5 Å². The van der Waals surface area contributed by atoms with Crippen molar-refractivity contribution < 1.29 is 19.8 Å². The molecule has 3 N–H and O–H groups in total. The largest absolute Gasteiger partial charge is 0.479 e. The molecule has 0 saturated carbocycles. The maximum atomic E-state index is 11.7. The van der Waals surface area contributed by atoms with Gasteiger partial charge in [0.2, 0.25) is 0 Å². The zero-order valence-corrected chi connectivity index (χ0v) is 11.5. The second kappa shape index (κ2) is 6.72. The molecule has 1 amide bonds. The van der Waals surface area contributed by atoms with Gasteiger partial charge in [0.25, 0.3) is 5.91 Å². The quantitative estimate of drug-likeness (QED) is 0.763. The molecule has 0 aliphatic rings. The van der Waals surface area contributed by atoms with Crippen molar-refractivity contribution in [3.05, 3.63) is 33.3 Å². The summed E-state index contributed by atoms with van der Waals surface area (Å²) in [6.45, 7) is 0.0708. The number of nitrogens with one attached hydrogen (secondary N) is 1.